The first kappa shape index (κ1) is 18.4. The Kier molecular flexibility index (Phi) is 4.47. The molecule has 1 unspecified atom stereocenters. The maximum absolute atomic E-state index is 11.6. The van der Waals surface area contributed by atoms with E-state index < -0.39 is 0 Å². The van der Waals surface area contributed by atoms with Crippen LogP contribution in [0.2, 0.25) is 0 Å². The summed E-state index contributed by atoms with van der Waals surface area (Å²) >= 11 is 0. The van der Waals surface area contributed by atoms with E-state index in [2.05, 4.69) is 28.7 Å². The highest BCUT2D eigenvalue weighted by atomic mass is 16.5. The Morgan fingerprint density at radius 2 is 1.97 bits per heavy atom. The minimum atomic E-state index is -0.295. The first-order valence-electron chi connectivity index (χ1n) is 10.1. The van der Waals surface area contributed by atoms with Crippen molar-refractivity contribution < 1.29 is 9.53 Å². The molecule has 2 aliphatic rings. The Bertz CT molecular complexity index is 1220. The van der Waals surface area contributed by atoms with Gasteiger partial charge >= 0.3 is 6.03 Å². The van der Waals surface area contributed by atoms with Gasteiger partial charge in [0.25, 0.3) is 0 Å². The lowest BCUT2D eigenvalue weighted by Gasteiger charge is -2.18. The van der Waals surface area contributed by atoms with Gasteiger partial charge in [-0.1, -0.05) is 44.2 Å². The number of hydrogen-bond donors (Lipinski definition) is 1. The molecule has 1 N–H and O–H groups in total. The quantitative estimate of drug-likeness (QED) is 0.678. The summed E-state index contributed by atoms with van der Waals surface area (Å²) in [5.74, 6) is 1.98. The van der Waals surface area contributed by atoms with Crippen molar-refractivity contribution in [1.29, 1.82) is 0 Å². The third-order valence-corrected chi connectivity index (χ3v) is 5.27. The van der Waals surface area contributed by atoms with Gasteiger partial charge in [0.2, 0.25) is 0 Å². The Balaban J connectivity index is 1.50. The van der Waals surface area contributed by atoms with Gasteiger partial charge in [-0.3, -0.25) is 4.57 Å². The lowest BCUT2D eigenvalue weighted by molar-refractivity contribution is 0.251. The van der Waals surface area contributed by atoms with Crippen LogP contribution < -0.4 is 10.1 Å². The molecule has 1 atom stereocenters. The molecule has 150 valence electrons. The van der Waals surface area contributed by atoms with Gasteiger partial charge in [0.15, 0.2) is 0 Å². The van der Waals surface area contributed by atoms with E-state index in [0.717, 1.165) is 39.6 Å². The number of fused-ring (bicyclic) bond motifs is 2. The summed E-state index contributed by atoms with van der Waals surface area (Å²) in [7, 11) is 0. The monoisotopic (exact) mass is 398 g/mol. The fraction of sp³-hybridized carbons (Fsp3) is 0.208. The molecule has 0 spiro atoms. The third kappa shape index (κ3) is 3.30. The van der Waals surface area contributed by atoms with Crippen LogP contribution in [0.5, 0.6) is 5.75 Å². The number of carbonyl (C=O) groups excluding carboxylic acids is 1. The van der Waals surface area contributed by atoms with Crippen LogP contribution in [-0.2, 0) is 6.61 Å². The van der Waals surface area contributed by atoms with Crippen molar-refractivity contribution in [1.82, 2.24) is 14.9 Å². The van der Waals surface area contributed by atoms with Crippen molar-refractivity contribution in [2.75, 3.05) is 0 Å². The summed E-state index contributed by atoms with van der Waals surface area (Å²) in [6.45, 7) is 4.77. The number of nitrogens with zero attached hydrogens (tertiary/aromatic N) is 3. The van der Waals surface area contributed by atoms with Crippen LogP contribution in [0.4, 0.5) is 4.79 Å². The summed E-state index contributed by atoms with van der Waals surface area (Å²) in [5, 5.41) is 2.86. The molecule has 30 heavy (non-hydrogen) atoms. The van der Waals surface area contributed by atoms with Crippen LogP contribution in [0.15, 0.2) is 71.8 Å². The molecule has 2 amide bonds. The first-order chi connectivity index (χ1) is 14.6. The smallest absolute Gasteiger partial charge is 0.342 e. The van der Waals surface area contributed by atoms with E-state index in [9.17, 15) is 4.79 Å². The Morgan fingerprint density at radius 3 is 2.77 bits per heavy atom. The molecule has 2 heterocycles. The topological polar surface area (TPSA) is 68.5 Å². The molecule has 0 bridgehead atoms. The van der Waals surface area contributed by atoms with E-state index in [4.69, 9.17) is 9.72 Å². The van der Waals surface area contributed by atoms with Gasteiger partial charge in [0, 0.05) is 17.7 Å². The van der Waals surface area contributed by atoms with Crippen molar-refractivity contribution in [2.24, 2.45) is 4.99 Å². The van der Waals surface area contributed by atoms with Gasteiger partial charge in [-0.15, -0.1) is 0 Å². The molecule has 0 saturated heterocycles. The number of allylic oxidation sites excluding steroid dienone is 2. The number of imidazole rings is 1. The van der Waals surface area contributed by atoms with Gasteiger partial charge in [0.1, 0.15) is 18.2 Å². The van der Waals surface area contributed by atoms with Crippen molar-refractivity contribution in [3.05, 3.63) is 78.1 Å². The molecule has 2 aromatic carbocycles. The minimum absolute atomic E-state index is 0.191. The maximum atomic E-state index is 11.6. The number of benzene rings is 2. The average Bonchev–Trinajstić information content (AvgIpc) is 3.31. The van der Waals surface area contributed by atoms with Crippen LogP contribution in [0.25, 0.3) is 16.7 Å². The summed E-state index contributed by atoms with van der Waals surface area (Å²) in [4.78, 5) is 20.5. The molecule has 5 rings (SSSR count). The standard InChI is InChI=1S/C24H22N4O2/c1-15(2)23-25-21-13-18(30-14-16-6-4-3-5-7-16)9-11-22(21)28(23)17-8-10-19-20(12-17)27-24(29)26-19/h3-13,15,20H,14H2,1-2H3,(H,27,29). The maximum Gasteiger partial charge on any atom is 0.342 e. The van der Waals surface area contributed by atoms with E-state index in [1.54, 1.807) is 0 Å². The second-order valence-electron chi connectivity index (χ2n) is 7.77. The fourth-order valence-electron chi connectivity index (χ4n) is 3.81. The van der Waals surface area contributed by atoms with Crippen LogP contribution in [-0.4, -0.2) is 27.3 Å². The zero-order chi connectivity index (χ0) is 20.7. The molecule has 0 fully saturated rings. The predicted octanol–water partition coefficient (Wildman–Crippen LogP) is 4.68. The Labute approximate surface area is 174 Å². The van der Waals surface area contributed by atoms with Gasteiger partial charge in [-0.25, -0.2) is 9.78 Å². The van der Waals surface area contributed by atoms with E-state index in [1.165, 1.54) is 0 Å². The fourth-order valence-corrected chi connectivity index (χ4v) is 3.81. The van der Waals surface area contributed by atoms with E-state index >= 15 is 0 Å². The van der Waals surface area contributed by atoms with Crippen LogP contribution in [0, 0.1) is 0 Å². The average molecular weight is 398 g/mol. The molecule has 0 saturated carbocycles. The zero-order valence-corrected chi connectivity index (χ0v) is 16.9. The second kappa shape index (κ2) is 7.30. The van der Waals surface area contributed by atoms with E-state index in [1.807, 2.05) is 66.8 Å². The number of ether oxygens (including phenoxy) is 1. The molecule has 1 aliphatic heterocycles. The van der Waals surface area contributed by atoms with Crippen molar-refractivity contribution in [3.8, 4) is 5.75 Å². The van der Waals surface area contributed by atoms with E-state index in [-0.39, 0.29) is 18.0 Å². The lowest BCUT2D eigenvalue weighted by Crippen LogP contribution is -2.31. The molecule has 6 heteroatoms. The van der Waals surface area contributed by atoms with Gasteiger partial charge in [-0.2, -0.15) is 4.99 Å². The van der Waals surface area contributed by atoms with Crippen LogP contribution in [0.3, 0.4) is 0 Å². The molecular weight excluding hydrogens is 376 g/mol. The number of nitrogens with one attached hydrogen (secondary N) is 1. The highest BCUT2D eigenvalue weighted by Gasteiger charge is 2.26. The Hall–Kier alpha value is -3.67. The van der Waals surface area contributed by atoms with Crippen molar-refractivity contribution in [2.45, 2.75) is 32.4 Å². The third-order valence-electron chi connectivity index (χ3n) is 5.27. The summed E-state index contributed by atoms with van der Waals surface area (Å²) in [6, 6.07) is 15.6. The number of amides is 2. The molecule has 1 aromatic heterocycles. The number of rotatable bonds is 5. The molecule has 6 nitrogen and oxygen atoms in total. The number of aromatic nitrogens is 2. The number of aliphatic imine (C=N–C) groups is 1. The summed E-state index contributed by atoms with van der Waals surface area (Å²) in [6.07, 6.45) is 5.91. The summed E-state index contributed by atoms with van der Waals surface area (Å²) < 4.78 is 8.13. The number of hydrogen-bond acceptors (Lipinski definition) is 3. The number of urea groups is 1. The van der Waals surface area contributed by atoms with Gasteiger partial charge in [-0.05, 0) is 35.9 Å². The molecule has 1 aliphatic carbocycles. The zero-order valence-electron chi connectivity index (χ0n) is 16.9. The first-order valence-corrected chi connectivity index (χ1v) is 10.1. The molecule has 3 aromatic rings. The highest BCUT2D eigenvalue weighted by Crippen LogP contribution is 2.30. The van der Waals surface area contributed by atoms with Gasteiger partial charge < -0.3 is 10.1 Å². The normalized spacial score (nSPS) is 17.7. The van der Waals surface area contributed by atoms with Crippen LogP contribution >= 0.6 is 0 Å². The summed E-state index contributed by atoms with van der Waals surface area (Å²) in [5.41, 5.74) is 4.74. The Morgan fingerprint density at radius 1 is 1.13 bits per heavy atom. The molecule has 0 radical (unpaired) electrons. The highest BCUT2D eigenvalue weighted by molar-refractivity contribution is 6.14. The second-order valence-corrected chi connectivity index (χ2v) is 7.77. The van der Waals surface area contributed by atoms with E-state index in [0.29, 0.717) is 6.61 Å². The van der Waals surface area contributed by atoms with Gasteiger partial charge in [0.05, 0.1) is 22.8 Å². The predicted molar refractivity (Wildman–Crippen MR) is 118 cm³/mol. The SMILES string of the molecule is CC(C)c1nc2cc(OCc3ccccc3)ccc2n1C1=CC2NC(=O)N=C2C=C1. The minimum Gasteiger partial charge on any atom is -0.489 e. The van der Waals surface area contributed by atoms with Crippen molar-refractivity contribution in [3.63, 3.8) is 0 Å². The largest absolute Gasteiger partial charge is 0.489 e. The number of carbonyl (C=O) groups is 1. The van der Waals surface area contributed by atoms with Crippen LogP contribution in [0.1, 0.15) is 31.2 Å². The lowest BCUT2D eigenvalue weighted by atomic mass is 10.0. The molecular formula is C24H22N4O2. The van der Waals surface area contributed by atoms with Crippen molar-refractivity contribution >= 4 is 28.5 Å².